The number of carbonyl (C=O) groups excluding carboxylic acids is 1. The lowest BCUT2D eigenvalue weighted by atomic mass is 10.2. The van der Waals surface area contributed by atoms with Crippen molar-refractivity contribution in [2.24, 2.45) is 0 Å². The van der Waals surface area contributed by atoms with Crippen LogP contribution in [-0.4, -0.2) is 22.1 Å². The number of carbonyl (C=O) groups is 1. The monoisotopic (exact) mass is 233 g/mol. The summed E-state index contributed by atoms with van der Waals surface area (Å²) < 4.78 is 6.77. The van der Waals surface area contributed by atoms with E-state index in [0.29, 0.717) is 6.61 Å². The van der Waals surface area contributed by atoms with Crippen molar-refractivity contribution in [3.63, 3.8) is 0 Å². The van der Waals surface area contributed by atoms with Crippen molar-refractivity contribution in [3.8, 4) is 0 Å². The summed E-state index contributed by atoms with van der Waals surface area (Å²) in [6.07, 6.45) is 3.36. The minimum absolute atomic E-state index is 0.357. The summed E-state index contributed by atoms with van der Waals surface area (Å²) in [6.45, 7) is 5.98. The summed E-state index contributed by atoms with van der Waals surface area (Å²) in [6, 6.07) is 1.83. The molecule has 17 heavy (non-hydrogen) atoms. The number of rotatable bonds is 2. The lowest BCUT2D eigenvalue weighted by Crippen LogP contribution is -2.14. The number of aryl methyl sites for hydroxylation is 2. The van der Waals surface area contributed by atoms with Gasteiger partial charge >= 0.3 is 6.09 Å². The molecule has 1 N–H and O–H groups in total. The Hall–Kier alpha value is -2.04. The Morgan fingerprint density at radius 1 is 1.53 bits per heavy atom. The summed E-state index contributed by atoms with van der Waals surface area (Å²) in [5, 5.41) is 2.70. The standard InChI is InChI=1S/C12H15N3O2/c1-4-17-12(16)14-10-5-6-15-7-8(2)13-11(15)9(10)3/h5-7H,4H2,1-3H3,(H,14,16). The highest BCUT2D eigenvalue weighted by molar-refractivity contribution is 5.87. The maximum Gasteiger partial charge on any atom is 0.411 e. The predicted molar refractivity (Wildman–Crippen MR) is 65.3 cm³/mol. The van der Waals surface area contributed by atoms with E-state index in [1.54, 1.807) is 6.92 Å². The number of anilines is 1. The van der Waals surface area contributed by atoms with Gasteiger partial charge in [0.2, 0.25) is 0 Å². The van der Waals surface area contributed by atoms with E-state index < -0.39 is 6.09 Å². The second-order valence-corrected chi connectivity index (χ2v) is 3.81. The molecule has 1 amide bonds. The molecule has 5 heteroatoms. The van der Waals surface area contributed by atoms with Gasteiger partial charge in [0.1, 0.15) is 5.65 Å². The summed E-state index contributed by atoms with van der Waals surface area (Å²) in [4.78, 5) is 15.7. The maximum atomic E-state index is 11.3. The number of hydrogen-bond donors (Lipinski definition) is 1. The third-order valence-corrected chi connectivity index (χ3v) is 2.51. The van der Waals surface area contributed by atoms with Gasteiger partial charge in [0.05, 0.1) is 18.0 Å². The number of nitrogens with zero attached hydrogens (tertiary/aromatic N) is 2. The van der Waals surface area contributed by atoms with Crippen molar-refractivity contribution in [2.75, 3.05) is 11.9 Å². The Morgan fingerprint density at radius 3 is 3.00 bits per heavy atom. The van der Waals surface area contributed by atoms with Crippen molar-refractivity contribution >= 4 is 17.4 Å². The van der Waals surface area contributed by atoms with Crippen molar-refractivity contribution in [2.45, 2.75) is 20.8 Å². The first kappa shape index (κ1) is 11.4. The normalized spacial score (nSPS) is 10.5. The number of pyridine rings is 1. The molecule has 2 aromatic rings. The third kappa shape index (κ3) is 2.22. The fourth-order valence-corrected chi connectivity index (χ4v) is 1.72. The first-order chi connectivity index (χ1) is 8.11. The molecule has 2 rings (SSSR count). The largest absolute Gasteiger partial charge is 0.450 e. The summed E-state index contributed by atoms with van der Waals surface area (Å²) in [5.74, 6) is 0. The Morgan fingerprint density at radius 2 is 2.29 bits per heavy atom. The molecule has 0 bridgehead atoms. The molecule has 0 saturated heterocycles. The second kappa shape index (κ2) is 4.45. The van der Waals surface area contributed by atoms with Gasteiger partial charge in [0.15, 0.2) is 0 Å². The highest BCUT2D eigenvalue weighted by Crippen LogP contribution is 2.19. The van der Waals surface area contributed by atoms with Crippen LogP contribution in [0.15, 0.2) is 18.5 Å². The van der Waals surface area contributed by atoms with Gasteiger partial charge in [-0.25, -0.2) is 9.78 Å². The van der Waals surface area contributed by atoms with Gasteiger partial charge in [-0.15, -0.1) is 0 Å². The highest BCUT2D eigenvalue weighted by Gasteiger charge is 2.09. The van der Waals surface area contributed by atoms with Crippen molar-refractivity contribution in [1.82, 2.24) is 9.38 Å². The Labute approximate surface area is 99.4 Å². The van der Waals surface area contributed by atoms with Crippen LogP contribution in [0.4, 0.5) is 10.5 Å². The van der Waals surface area contributed by atoms with Crippen LogP contribution in [0.3, 0.4) is 0 Å². The number of ether oxygens (including phenoxy) is 1. The van der Waals surface area contributed by atoms with Gasteiger partial charge < -0.3 is 9.14 Å². The molecule has 2 aromatic heterocycles. The predicted octanol–water partition coefficient (Wildman–Crippen LogP) is 2.52. The number of nitrogens with one attached hydrogen (secondary N) is 1. The SMILES string of the molecule is CCOC(=O)Nc1ccn2cc(C)nc2c1C. The van der Waals surface area contributed by atoms with Crippen LogP contribution in [0.2, 0.25) is 0 Å². The Balaban J connectivity index is 2.35. The van der Waals surface area contributed by atoms with Crippen LogP contribution in [0, 0.1) is 13.8 Å². The zero-order valence-electron chi connectivity index (χ0n) is 10.2. The molecular weight excluding hydrogens is 218 g/mol. The molecular formula is C12H15N3O2. The maximum absolute atomic E-state index is 11.3. The van der Waals surface area contributed by atoms with Crippen LogP contribution < -0.4 is 5.32 Å². The van der Waals surface area contributed by atoms with E-state index in [0.717, 1.165) is 22.6 Å². The Kier molecular flexibility index (Phi) is 2.99. The second-order valence-electron chi connectivity index (χ2n) is 3.81. The molecule has 90 valence electrons. The van der Waals surface area contributed by atoms with Gasteiger partial charge in [-0.2, -0.15) is 0 Å². The van der Waals surface area contributed by atoms with Crippen LogP contribution in [-0.2, 0) is 4.74 Å². The van der Waals surface area contributed by atoms with Crippen molar-refractivity contribution < 1.29 is 9.53 Å². The first-order valence-electron chi connectivity index (χ1n) is 5.50. The molecule has 0 fully saturated rings. The van der Waals surface area contributed by atoms with Gasteiger partial charge in [-0.3, -0.25) is 5.32 Å². The molecule has 0 aliphatic heterocycles. The van der Waals surface area contributed by atoms with E-state index in [2.05, 4.69) is 10.3 Å². The summed E-state index contributed by atoms with van der Waals surface area (Å²) >= 11 is 0. The average molecular weight is 233 g/mol. The van der Waals surface area contributed by atoms with E-state index in [9.17, 15) is 4.79 Å². The summed E-state index contributed by atoms with van der Waals surface area (Å²) in [7, 11) is 0. The Bertz CT molecular complexity index is 560. The molecule has 0 aliphatic carbocycles. The molecule has 2 heterocycles. The van der Waals surface area contributed by atoms with Crippen LogP contribution >= 0.6 is 0 Å². The van der Waals surface area contributed by atoms with Gasteiger partial charge in [0, 0.05) is 18.0 Å². The average Bonchev–Trinajstić information content (AvgIpc) is 2.64. The van der Waals surface area contributed by atoms with Crippen LogP contribution in [0.1, 0.15) is 18.2 Å². The van der Waals surface area contributed by atoms with Gasteiger partial charge in [-0.1, -0.05) is 0 Å². The van der Waals surface area contributed by atoms with E-state index in [-0.39, 0.29) is 0 Å². The van der Waals surface area contributed by atoms with Crippen molar-refractivity contribution in [3.05, 3.63) is 29.7 Å². The lowest BCUT2D eigenvalue weighted by Gasteiger charge is -2.08. The summed E-state index contributed by atoms with van der Waals surface area (Å²) in [5.41, 5.74) is 3.44. The third-order valence-electron chi connectivity index (χ3n) is 2.51. The van der Waals surface area contributed by atoms with E-state index in [1.165, 1.54) is 0 Å². The van der Waals surface area contributed by atoms with Gasteiger partial charge in [0.25, 0.3) is 0 Å². The highest BCUT2D eigenvalue weighted by atomic mass is 16.5. The zero-order chi connectivity index (χ0) is 12.4. The fourth-order valence-electron chi connectivity index (χ4n) is 1.72. The molecule has 0 spiro atoms. The molecule has 0 radical (unpaired) electrons. The molecule has 0 unspecified atom stereocenters. The topological polar surface area (TPSA) is 55.6 Å². The molecule has 0 atom stereocenters. The smallest absolute Gasteiger partial charge is 0.411 e. The number of fused-ring (bicyclic) bond motifs is 1. The molecule has 0 aliphatic rings. The van der Waals surface area contributed by atoms with Crippen LogP contribution in [0.25, 0.3) is 5.65 Å². The molecule has 0 saturated carbocycles. The van der Waals surface area contributed by atoms with E-state index in [1.807, 2.05) is 36.7 Å². The van der Waals surface area contributed by atoms with E-state index >= 15 is 0 Å². The first-order valence-corrected chi connectivity index (χ1v) is 5.50. The fraction of sp³-hybridized carbons (Fsp3) is 0.333. The minimum atomic E-state index is -0.441. The number of amides is 1. The minimum Gasteiger partial charge on any atom is -0.450 e. The van der Waals surface area contributed by atoms with Gasteiger partial charge in [-0.05, 0) is 26.8 Å². The number of aromatic nitrogens is 2. The van der Waals surface area contributed by atoms with Crippen LogP contribution in [0.5, 0.6) is 0 Å². The van der Waals surface area contributed by atoms with E-state index in [4.69, 9.17) is 4.74 Å². The number of imidazole rings is 1. The molecule has 5 nitrogen and oxygen atoms in total. The lowest BCUT2D eigenvalue weighted by molar-refractivity contribution is 0.168. The molecule has 0 aromatic carbocycles. The van der Waals surface area contributed by atoms with Crippen molar-refractivity contribution in [1.29, 1.82) is 0 Å². The zero-order valence-corrected chi connectivity index (χ0v) is 10.2. The quantitative estimate of drug-likeness (QED) is 0.867. The number of hydrogen-bond acceptors (Lipinski definition) is 3.